The Balaban J connectivity index is 1.38. The van der Waals surface area contributed by atoms with E-state index in [0.29, 0.717) is 24.5 Å². The quantitative estimate of drug-likeness (QED) is 0.443. The molecule has 2 heterocycles. The number of benzene rings is 2. The molecular weight excluding hydrogens is 432 g/mol. The summed E-state index contributed by atoms with van der Waals surface area (Å²) in [4.78, 5) is 42.3. The fourth-order valence-electron chi connectivity index (χ4n) is 3.84. The number of amides is 3. The number of aromatic hydroxyl groups is 1. The number of carbonyl (C=O) groups excluding carboxylic acids is 3. The third-order valence-electron chi connectivity index (χ3n) is 5.49. The summed E-state index contributed by atoms with van der Waals surface area (Å²) in [7, 11) is 0. The number of nitrogens with zero attached hydrogens (tertiary/aromatic N) is 1. The van der Waals surface area contributed by atoms with Crippen LogP contribution in [0.5, 0.6) is 5.75 Å². The summed E-state index contributed by atoms with van der Waals surface area (Å²) in [5.74, 6) is -1.73. The topological polar surface area (TPSA) is 115 Å². The summed E-state index contributed by atoms with van der Waals surface area (Å²) < 4.78 is 0. The second kappa shape index (κ2) is 9.32. The lowest BCUT2D eigenvalue weighted by atomic mass is 10.1. The lowest BCUT2D eigenvalue weighted by Gasteiger charge is -2.18. The van der Waals surface area contributed by atoms with E-state index >= 15 is 0 Å². The minimum atomic E-state index is -0.862. The average Bonchev–Trinajstić information content (AvgIpc) is 3.45. The molecule has 0 atom stereocenters. The van der Waals surface area contributed by atoms with Gasteiger partial charge in [-0.1, -0.05) is 11.6 Å². The highest BCUT2D eigenvalue weighted by atomic mass is 35.5. The van der Waals surface area contributed by atoms with E-state index in [9.17, 15) is 19.5 Å². The molecule has 1 saturated heterocycles. The molecule has 166 valence electrons. The number of rotatable bonds is 5. The van der Waals surface area contributed by atoms with Crippen LogP contribution in [0.25, 0.3) is 10.9 Å². The van der Waals surface area contributed by atoms with Crippen molar-refractivity contribution in [3.05, 3.63) is 58.7 Å². The van der Waals surface area contributed by atoms with Crippen molar-refractivity contribution >= 4 is 45.9 Å². The first-order chi connectivity index (χ1) is 15.4. The van der Waals surface area contributed by atoms with Crippen LogP contribution in [0, 0.1) is 0 Å². The van der Waals surface area contributed by atoms with Crippen molar-refractivity contribution in [3.63, 3.8) is 0 Å². The third-order valence-corrected chi connectivity index (χ3v) is 5.73. The van der Waals surface area contributed by atoms with E-state index in [0.717, 1.165) is 29.3 Å². The van der Waals surface area contributed by atoms with Gasteiger partial charge in [-0.3, -0.25) is 14.4 Å². The SMILES string of the molecule is O=C(NCCc1c[nH]c2ccc(O)cc12)C(=O)Nc1ccc(Cl)cc1C(=O)N1CCCC1. The number of aromatic nitrogens is 1. The van der Waals surface area contributed by atoms with Crippen molar-refractivity contribution in [3.8, 4) is 5.75 Å². The molecule has 0 saturated carbocycles. The van der Waals surface area contributed by atoms with Gasteiger partial charge in [-0.2, -0.15) is 0 Å². The second-order valence-electron chi connectivity index (χ2n) is 7.69. The highest BCUT2D eigenvalue weighted by Gasteiger charge is 2.24. The molecule has 1 fully saturated rings. The van der Waals surface area contributed by atoms with Crippen LogP contribution in [0.4, 0.5) is 5.69 Å². The van der Waals surface area contributed by atoms with Crippen LogP contribution in [-0.2, 0) is 16.0 Å². The first kappa shape index (κ1) is 21.7. The molecule has 4 rings (SSSR count). The van der Waals surface area contributed by atoms with Crippen molar-refractivity contribution in [1.29, 1.82) is 0 Å². The summed E-state index contributed by atoms with van der Waals surface area (Å²) >= 11 is 6.05. The van der Waals surface area contributed by atoms with Crippen LogP contribution in [-0.4, -0.2) is 52.3 Å². The molecule has 2 aromatic carbocycles. The number of likely N-dealkylation sites (tertiary alicyclic amines) is 1. The van der Waals surface area contributed by atoms with Gasteiger partial charge in [0.25, 0.3) is 5.91 Å². The van der Waals surface area contributed by atoms with Gasteiger partial charge >= 0.3 is 11.8 Å². The van der Waals surface area contributed by atoms with Gasteiger partial charge in [0.1, 0.15) is 5.75 Å². The van der Waals surface area contributed by atoms with Crippen LogP contribution in [0.3, 0.4) is 0 Å². The first-order valence-corrected chi connectivity index (χ1v) is 10.8. The molecule has 1 aliphatic rings. The Morgan fingerprint density at radius 2 is 1.84 bits per heavy atom. The summed E-state index contributed by atoms with van der Waals surface area (Å²) in [5.41, 5.74) is 2.30. The lowest BCUT2D eigenvalue weighted by molar-refractivity contribution is -0.136. The van der Waals surface area contributed by atoms with E-state index in [1.165, 1.54) is 12.1 Å². The van der Waals surface area contributed by atoms with Crippen molar-refractivity contribution in [2.24, 2.45) is 0 Å². The van der Waals surface area contributed by atoms with E-state index in [1.54, 1.807) is 35.4 Å². The second-order valence-corrected chi connectivity index (χ2v) is 8.13. The number of anilines is 1. The van der Waals surface area contributed by atoms with Gasteiger partial charge in [0.15, 0.2) is 0 Å². The van der Waals surface area contributed by atoms with Gasteiger partial charge in [-0.15, -0.1) is 0 Å². The van der Waals surface area contributed by atoms with Gasteiger partial charge in [-0.05, 0) is 61.2 Å². The molecule has 0 aliphatic carbocycles. The molecule has 3 aromatic rings. The molecule has 32 heavy (non-hydrogen) atoms. The van der Waals surface area contributed by atoms with E-state index in [4.69, 9.17) is 11.6 Å². The predicted octanol–water partition coefficient (Wildman–Crippen LogP) is 3.06. The number of hydrogen-bond donors (Lipinski definition) is 4. The van der Waals surface area contributed by atoms with Crippen molar-refractivity contribution in [2.45, 2.75) is 19.3 Å². The van der Waals surface area contributed by atoms with Crippen molar-refractivity contribution in [2.75, 3.05) is 25.0 Å². The van der Waals surface area contributed by atoms with Crippen LogP contribution in [0.1, 0.15) is 28.8 Å². The van der Waals surface area contributed by atoms with Crippen molar-refractivity contribution < 1.29 is 19.5 Å². The molecule has 0 spiro atoms. The fourth-order valence-corrected chi connectivity index (χ4v) is 4.01. The van der Waals surface area contributed by atoms with Crippen LogP contribution in [0.15, 0.2) is 42.6 Å². The molecule has 0 bridgehead atoms. The molecule has 3 amide bonds. The molecule has 1 aromatic heterocycles. The Morgan fingerprint density at radius 1 is 1.06 bits per heavy atom. The highest BCUT2D eigenvalue weighted by Crippen LogP contribution is 2.25. The maximum atomic E-state index is 12.8. The maximum absolute atomic E-state index is 12.8. The molecule has 4 N–H and O–H groups in total. The first-order valence-electron chi connectivity index (χ1n) is 10.4. The molecule has 8 nitrogen and oxygen atoms in total. The van der Waals surface area contributed by atoms with Gasteiger partial charge in [0.2, 0.25) is 0 Å². The van der Waals surface area contributed by atoms with Gasteiger partial charge < -0.3 is 25.6 Å². The number of halogens is 1. The Hall–Kier alpha value is -3.52. The fraction of sp³-hybridized carbons (Fsp3) is 0.261. The Kier molecular flexibility index (Phi) is 6.32. The zero-order chi connectivity index (χ0) is 22.7. The maximum Gasteiger partial charge on any atom is 0.313 e. The van der Waals surface area contributed by atoms with E-state index in [2.05, 4.69) is 15.6 Å². The number of nitrogens with one attached hydrogen (secondary N) is 3. The lowest BCUT2D eigenvalue weighted by Crippen LogP contribution is -2.37. The summed E-state index contributed by atoms with van der Waals surface area (Å²) in [5, 5.41) is 16.0. The number of H-pyrrole nitrogens is 1. The Bertz CT molecular complexity index is 1180. The smallest absolute Gasteiger partial charge is 0.313 e. The number of phenolic OH excluding ortho intramolecular Hbond substituents is 1. The standard InChI is InChI=1S/C23H23ClN4O4/c24-15-3-5-20(18(11-15)23(32)28-9-1-2-10-28)27-22(31)21(30)25-8-7-14-13-26-19-6-4-16(29)12-17(14)19/h3-6,11-13,26,29H,1-2,7-10H2,(H,25,30)(H,27,31). The zero-order valence-electron chi connectivity index (χ0n) is 17.3. The van der Waals surface area contributed by atoms with E-state index < -0.39 is 11.8 Å². The van der Waals surface area contributed by atoms with Crippen LogP contribution in [0.2, 0.25) is 5.02 Å². The van der Waals surface area contributed by atoms with E-state index in [-0.39, 0.29) is 29.5 Å². The molecule has 9 heteroatoms. The van der Waals surface area contributed by atoms with Crippen molar-refractivity contribution in [1.82, 2.24) is 15.2 Å². The molecule has 0 unspecified atom stereocenters. The largest absolute Gasteiger partial charge is 0.508 e. The molecule has 1 aliphatic heterocycles. The third kappa shape index (κ3) is 4.70. The zero-order valence-corrected chi connectivity index (χ0v) is 18.0. The van der Waals surface area contributed by atoms with Gasteiger partial charge in [0.05, 0.1) is 11.3 Å². The number of fused-ring (bicyclic) bond motifs is 1. The Labute approximate surface area is 189 Å². The Morgan fingerprint density at radius 3 is 2.62 bits per heavy atom. The minimum absolute atomic E-state index is 0.156. The van der Waals surface area contributed by atoms with Crippen LogP contribution < -0.4 is 10.6 Å². The van der Waals surface area contributed by atoms with E-state index in [1.807, 2.05) is 0 Å². The van der Waals surface area contributed by atoms with Gasteiger partial charge in [-0.25, -0.2) is 0 Å². The number of carbonyl (C=O) groups is 3. The highest BCUT2D eigenvalue weighted by molar-refractivity contribution is 6.40. The molecule has 0 radical (unpaired) electrons. The summed E-state index contributed by atoms with van der Waals surface area (Å²) in [6.07, 6.45) is 4.15. The minimum Gasteiger partial charge on any atom is -0.508 e. The number of aromatic amines is 1. The summed E-state index contributed by atoms with van der Waals surface area (Å²) in [6, 6.07) is 9.59. The average molecular weight is 455 g/mol. The predicted molar refractivity (Wildman–Crippen MR) is 122 cm³/mol. The normalized spacial score (nSPS) is 13.3. The van der Waals surface area contributed by atoms with Gasteiger partial charge in [0, 0.05) is 41.8 Å². The number of hydrogen-bond acceptors (Lipinski definition) is 4. The molecular formula is C23H23ClN4O4. The number of phenols is 1. The van der Waals surface area contributed by atoms with Crippen LogP contribution >= 0.6 is 11.6 Å². The summed E-state index contributed by atoms with van der Waals surface area (Å²) in [6.45, 7) is 1.55. The monoisotopic (exact) mass is 454 g/mol.